The molecule has 2 aromatic heterocycles. The van der Waals surface area contributed by atoms with Crippen LogP contribution in [0.2, 0.25) is 0 Å². The van der Waals surface area contributed by atoms with Gasteiger partial charge in [0.2, 0.25) is 6.79 Å². The summed E-state index contributed by atoms with van der Waals surface area (Å²) in [6.45, 7) is 2.52. The van der Waals surface area contributed by atoms with E-state index >= 15 is 0 Å². The highest BCUT2D eigenvalue weighted by Crippen LogP contribution is 2.46. The van der Waals surface area contributed by atoms with E-state index in [2.05, 4.69) is 49.4 Å². The maximum absolute atomic E-state index is 14.0. The number of fused-ring (bicyclic) bond motifs is 7. The summed E-state index contributed by atoms with van der Waals surface area (Å²) in [4.78, 5) is 2.57. The molecule has 2 aliphatic rings. The highest BCUT2D eigenvalue weighted by molar-refractivity contribution is 7.19. The van der Waals surface area contributed by atoms with Crippen LogP contribution >= 0.6 is 22.7 Å². The van der Waals surface area contributed by atoms with Gasteiger partial charge in [-0.05, 0) is 101 Å². The van der Waals surface area contributed by atoms with Crippen molar-refractivity contribution in [2.75, 3.05) is 6.79 Å². The van der Waals surface area contributed by atoms with Crippen LogP contribution in [0.5, 0.6) is 11.5 Å². The lowest BCUT2D eigenvalue weighted by atomic mass is 9.83. The second kappa shape index (κ2) is 7.31. The molecule has 0 fully saturated rings. The first kappa shape index (κ1) is 19.6. The minimum absolute atomic E-state index is 0.0832. The molecule has 2 nitrogen and oxygen atoms in total. The number of hydrogen-bond acceptors (Lipinski definition) is 4. The Labute approximate surface area is 199 Å². The van der Waals surface area contributed by atoms with Gasteiger partial charge in [0.1, 0.15) is 0 Å². The van der Waals surface area contributed by atoms with Gasteiger partial charge in [0.25, 0.3) is 0 Å². The quantitative estimate of drug-likeness (QED) is 0.264. The lowest BCUT2D eigenvalue weighted by molar-refractivity contribution is 0.174. The van der Waals surface area contributed by atoms with E-state index in [9.17, 15) is 4.39 Å². The Balaban J connectivity index is 1.25. The van der Waals surface area contributed by atoms with Gasteiger partial charge in [0.05, 0.1) is 0 Å². The zero-order valence-electron chi connectivity index (χ0n) is 18.1. The van der Waals surface area contributed by atoms with E-state index in [1.165, 1.54) is 58.6 Å². The van der Waals surface area contributed by atoms with Crippen molar-refractivity contribution in [1.29, 1.82) is 0 Å². The Morgan fingerprint density at radius 2 is 1.79 bits per heavy atom. The molecule has 0 amide bonds. The molecule has 164 valence electrons. The van der Waals surface area contributed by atoms with Gasteiger partial charge in [-0.15, -0.1) is 22.7 Å². The lowest BCUT2D eigenvalue weighted by Gasteiger charge is -2.22. The van der Waals surface area contributed by atoms with Gasteiger partial charge in [-0.2, -0.15) is 4.39 Å². The molecule has 1 unspecified atom stereocenters. The summed E-state index contributed by atoms with van der Waals surface area (Å²) < 4.78 is 26.3. The molecule has 0 saturated carbocycles. The van der Waals surface area contributed by atoms with E-state index in [0.717, 1.165) is 36.3 Å². The molecule has 0 bridgehead atoms. The van der Waals surface area contributed by atoms with Crippen molar-refractivity contribution in [3.05, 3.63) is 80.6 Å². The van der Waals surface area contributed by atoms with Gasteiger partial charge < -0.3 is 9.47 Å². The molecule has 1 atom stereocenters. The number of ether oxygens (including phenoxy) is 2. The van der Waals surface area contributed by atoms with Gasteiger partial charge >= 0.3 is 0 Å². The Kier molecular flexibility index (Phi) is 4.33. The average Bonchev–Trinajstić information content (AvgIpc) is 3.54. The van der Waals surface area contributed by atoms with Crippen LogP contribution in [0.1, 0.15) is 33.7 Å². The first-order valence-electron chi connectivity index (χ1n) is 11.3. The van der Waals surface area contributed by atoms with Crippen molar-refractivity contribution in [1.82, 2.24) is 0 Å². The fraction of sp³-hybridized carbons (Fsp3) is 0.214. The average molecular weight is 473 g/mol. The summed E-state index contributed by atoms with van der Waals surface area (Å²) in [7, 11) is 0. The van der Waals surface area contributed by atoms with Crippen molar-refractivity contribution < 1.29 is 13.9 Å². The van der Waals surface area contributed by atoms with Crippen molar-refractivity contribution in [3.8, 4) is 22.6 Å². The minimum Gasteiger partial charge on any atom is -0.454 e. The number of benzene rings is 3. The van der Waals surface area contributed by atoms with Crippen LogP contribution in [-0.2, 0) is 19.3 Å². The van der Waals surface area contributed by atoms with Crippen LogP contribution in [0.4, 0.5) is 4.39 Å². The first-order chi connectivity index (χ1) is 16.1. The predicted octanol–water partition coefficient (Wildman–Crippen LogP) is 8.10. The second-order valence-electron chi connectivity index (χ2n) is 9.04. The highest BCUT2D eigenvalue weighted by Gasteiger charge is 2.25. The van der Waals surface area contributed by atoms with Gasteiger partial charge in [0, 0.05) is 19.8 Å². The number of rotatable bonds is 3. The van der Waals surface area contributed by atoms with Gasteiger partial charge in [0.15, 0.2) is 16.6 Å². The fourth-order valence-corrected chi connectivity index (χ4v) is 7.30. The monoisotopic (exact) mass is 472 g/mol. The molecule has 33 heavy (non-hydrogen) atoms. The maximum atomic E-state index is 14.0. The van der Waals surface area contributed by atoms with E-state index in [1.54, 1.807) is 6.07 Å². The normalized spacial score (nSPS) is 16.4. The van der Waals surface area contributed by atoms with Crippen LogP contribution in [0.15, 0.2) is 54.6 Å². The Morgan fingerprint density at radius 3 is 2.73 bits per heavy atom. The van der Waals surface area contributed by atoms with E-state index in [0.29, 0.717) is 12.7 Å². The van der Waals surface area contributed by atoms with E-state index in [4.69, 9.17) is 9.47 Å². The summed E-state index contributed by atoms with van der Waals surface area (Å²) in [5, 5.41) is 3.78. The molecule has 7 rings (SSSR count). The zero-order valence-corrected chi connectivity index (χ0v) is 19.7. The standard InChI is InChI=1S/C28H21FO2S2/c1-15-8-18-11-20-17(10-21(18)23-13-27(29)33-28(15)23)4-7-26-22(20)12-19(32-26)5-2-16-3-6-24-25(9-16)31-14-30-24/h3-4,6-7,9-13,15H,2,5,8,14H2,1H3. The molecule has 0 N–H and O–H groups in total. The van der Waals surface area contributed by atoms with E-state index < -0.39 is 0 Å². The SMILES string of the molecule is CC1Cc2cc3c(ccc4sc(CCc5ccc6c(c5)OCO6)cc43)cc2-c2cc(F)sc21. The van der Waals surface area contributed by atoms with E-state index in [1.807, 2.05) is 17.4 Å². The Bertz CT molecular complexity index is 1560. The van der Waals surface area contributed by atoms with Crippen LogP contribution in [0.3, 0.4) is 0 Å². The van der Waals surface area contributed by atoms with Crippen LogP contribution in [0.25, 0.3) is 32.0 Å². The van der Waals surface area contributed by atoms with Crippen molar-refractivity contribution in [3.63, 3.8) is 0 Å². The van der Waals surface area contributed by atoms with Crippen LogP contribution in [0, 0.1) is 5.13 Å². The Morgan fingerprint density at radius 1 is 0.879 bits per heavy atom. The number of thiophene rings is 2. The largest absolute Gasteiger partial charge is 0.454 e. The fourth-order valence-electron chi connectivity index (χ4n) is 5.27. The van der Waals surface area contributed by atoms with Gasteiger partial charge in [-0.1, -0.05) is 19.1 Å². The van der Waals surface area contributed by atoms with Crippen LogP contribution in [-0.4, -0.2) is 6.79 Å². The van der Waals surface area contributed by atoms with E-state index in [-0.39, 0.29) is 5.13 Å². The third-order valence-corrected chi connectivity index (χ3v) is 9.20. The number of aryl methyl sites for hydroxylation is 2. The van der Waals surface area contributed by atoms with Gasteiger partial charge in [-0.25, -0.2) is 0 Å². The molecule has 5 heteroatoms. The van der Waals surface area contributed by atoms with Gasteiger partial charge in [-0.3, -0.25) is 0 Å². The molecule has 0 saturated heterocycles. The summed E-state index contributed by atoms with van der Waals surface area (Å²) in [6.07, 6.45) is 2.94. The predicted molar refractivity (Wildman–Crippen MR) is 135 cm³/mol. The van der Waals surface area contributed by atoms with Crippen molar-refractivity contribution in [2.24, 2.45) is 0 Å². The van der Waals surface area contributed by atoms with Crippen LogP contribution < -0.4 is 9.47 Å². The minimum atomic E-state index is -0.0832. The summed E-state index contributed by atoms with van der Waals surface area (Å²) in [6, 6.07) is 19.4. The zero-order chi connectivity index (χ0) is 22.1. The first-order valence-corrected chi connectivity index (χ1v) is 12.9. The maximum Gasteiger partial charge on any atom is 0.231 e. The third kappa shape index (κ3) is 3.17. The molecular weight excluding hydrogens is 451 g/mol. The molecule has 1 aliphatic heterocycles. The molecule has 5 aromatic rings. The molecule has 3 aromatic carbocycles. The lowest BCUT2D eigenvalue weighted by Crippen LogP contribution is -2.05. The summed E-state index contributed by atoms with van der Waals surface area (Å²) in [5.74, 6) is 2.04. The number of hydrogen-bond donors (Lipinski definition) is 0. The van der Waals surface area contributed by atoms with Crippen molar-refractivity contribution in [2.45, 2.75) is 32.1 Å². The smallest absolute Gasteiger partial charge is 0.231 e. The number of halogens is 1. The molecule has 3 heterocycles. The highest BCUT2D eigenvalue weighted by atomic mass is 32.1. The topological polar surface area (TPSA) is 18.5 Å². The molecule has 0 radical (unpaired) electrons. The van der Waals surface area contributed by atoms with Crippen molar-refractivity contribution >= 4 is 43.5 Å². The Hall–Kier alpha value is -2.89. The molecule has 1 aliphatic carbocycles. The molecule has 0 spiro atoms. The summed E-state index contributed by atoms with van der Waals surface area (Å²) in [5.41, 5.74) is 4.89. The molecular formula is C28H21FO2S2. The third-order valence-electron chi connectivity index (χ3n) is 6.88. The second-order valence-corrected chi connectivity index (χ2v) is 11.2. The summed E-state index contributed by atoms with van der Waals surface area (Å²) >= 11 is 3.19.